The third-order valence-corrected chi connectivity index (χ3v) is 2.04. The molecule has 0 bridgehead atoms. The molecule has 0 radical (unpaired) electrons. The molecule has 0 aromatic carbocycles. The van der Waals surface area contributed by atoms with Crippen molar-refractivity contribution in [1.29, 1.82) is 0 Å². The van der Waals surface area contributed by atoms with Crippen molar-refractivity contribution >= 4 is 0 Å². The van der Waals surface area contributed by atoms with E-state index in [-0.39, 0.29) is 6.04 Å². The number of furan rings is 1. The lowest BCUT2D eigenvalue weighted by Gasteiger charge is -2.11. The Labute approximate surface area is 85.7 Å². The van der Waals surface area contributed by atoms with Crippen LogP contribution in [0, 0.1) is 18.8 Å². The Hall–Kier alpha value is -1.20. The Morgan fingerprint density at radius 1 is 1.50 bits per heavy atom. The molecule has 1 rings (SSSR count). The van der Waals surface area contributed by atoms with Gasteiger partial charge in [0.15, 0.2) is 0 Å². The summed E-state index contributed by atoms with van der Waals surface area (Å²) in [7, 11) is 0. The van der Waals surface area contributed by atoms with Crippen molar-refractivity contribution in [1.82, 2.24) is 5.32 Å². The van der Waals surface area contributed by atoms with Crippen LogP contribution in [0.15, 0.2) is 16.5 Å². The molecule has 1 unspecified atom stereocenters. The zero-order valence-electron chi connectivity index (χ0n) is 9.05. The van der Waals surface area contributed by atoms with Crippen molar-refractivity contribution in [2.45, 2.75) is 33.2 Å². The largest absolute Gasteiger partial charge is 0.465 e. The van der Waals surface area contributed by atoms with Crippen molar-refractivity contribution in [2.24, 2.45) is 0 Å². The molecule has 0 aliphatic rings. The van der Waals surface area contributed by atoms with Gasteiger partial charge in [-0.05, 0) is 32.5 Å². The summed E-state index contributed by atoms with van der Waals surface area (Å²) in [4.78, 5) is 0. The summed E-state index contributed by atoms with van der Waals surface area (Å²) in [6, 6.07) is 4.22. The number of nitrogens with one attached hydrogen (secondary N) is 1. The predicted octanol–water partition coefficient (Wildman–Crippen LogP) is 2.65. The first kappa shape index (κ1) is 10.9. The van der Waals surface area contributed by atoms with Gasteiger partial charge in [-0.25, -0.2) is 0 Å². The summed E-state index contributed by atoms with van der Waals surface area (Å²) >= 11 is 0. The average molecular weight is 191 g/mol. The molecular formula is C12H17NO. The fraction of sp³-hybridized carbons (Fsp3) is 0.500. The summed E-state index contributed by atoms with van der Waals surface area (Å²) in [5.41, 5.74) is 0. The lowest BCUT2D eigenvalue weighted by molar-refractivity contribution is 0.409. The lowest BCUT2D eigenvalue weighted by Crippen LogP contribution is -2.19. The maximum atomic E-state index is 5.56. The summed E-state index contributed by atoms with van der Waals surface area (Å²) in [6.45, 7) is 6.83. The van der Waals surface area contributed by atoms with E-state index in [1.807, 2.05) is 26.0 Å². The first-order valence-corrected chi connectivity index (χ1v) is 4.97. The molecule has 1 aromatic rings. The van der Waals surface area contributed by atoms with Gasteiger partial charge in [-0.3, -0.25) is 0 Å². The van der Waals surface area contributed by atoms with Gasteiger partial charge in [0.25, 0.3) is 0 Å². The average Bonchev–Trinajstić information content (AvgIpc) is 2.59. The third kappa shape index (κ3) is 2.93. The second kappa shape index (κ2) is 5.51. The molecule has 0 aliphatic carbocycles. The first-order chi connectivity index (χ1) is 6.77. The van der Waals surface area contributed by atoms with E-state index in [0.717, 1.165) is 24.5 Å². The van der Waals surface area contributed by atoms with Gasteiger partial charge in [-0.1, -0.05) is 6.92 Å². The van der Waals surface area contributed by atoms with Gasteiger partial charge < -0.3 is 9.73 Å². The molecule has 0 amide bonds. The molecule has 1 heterocycles. The molecule has 0 spiro atoms. The van der Waals surface area contributed by atoms with E-state index < -0.39 is 0 Å². The summed E-state index contributed by atoms with van der Waals surface area (Å²) in [5.74, 6) is 7.90. The Bertz CT molecular complexity index is 330. The van der Waals surface area contributed by atoms with Gasteiger partial charge in [0.05, 0.1) is 6.04 Å². The molecule has 76 valence electrons. The number of rotatable bonds is 4. The highest BCUT2D eigenvalue weighted by Gasteiger charge is 2.11. The van der Waals surface area contributed by atoms with Crippen LogP contribution in [0.5, 0.6) is 0 Å². The minimum absolute atomic E-state index is 0.223. The topological polar surface area (TPSA) is 25.2 Å². The zero-order chi connectivity index (χ0) is 10.4. The third-order valence-electron chi connectivity index (χ3n) is 2.04. The zero-order valence-corrected chi connectivity index (χ0v) is 9.05. The first-order valence-electron chi connectivity index (χ1n) is 4.97. The highest BCUT2D eigenvalue weighted by Crippen LogP contribution is 2.18. The van der Waals surface area contributed by atoms with Crippen LogP contribution in [-0.2, 0) is 0 Å². The van der Waals surface area contributed by atoms with E-state index in [1.54, 1.807) is 0 Å². The van der Waals surface area contributed by atoms with Gasteiger partial charge in [0.1, 0.15) is 11.5 Å². The van der Waals surface area contributed by atoms with Crippen LogP contribution in [0.25, 0.3) is 0 Å². The number of aryl methyl sites for hydroxylation is 1. The number of hydrogen-bond donors (Lipinski definition) is 1. The smallest absolute Gasteiger partial charge is 0.122 e. The normalized spacial score (nSPS) is 11.9. The minimum atomic E-state index is 0.223. The van der Waals surface area contributed by atoms with E-state index in [2.05, 4.69) is 24.1 Å². The molecule has 2 nitrogen and oxygen atoms in total. The van der Waals surface area contributed by atoms with Gasteiger partial charge in [-0.15, -0.1) is 11.8 Å². The maximum Gasteiger partial charge on any atom is 0.122 e. The molecule has 1 aromatic heterocycles. The standard InChI is InChI=1S/C12H17NO/c1-4-6-7-11(13-5-2)12-9-8-10(3)14-12/h8-9,11,13H,5,7H2,1-3H3. The Morgan fingerprint density at radius 2 is 2.29 bits per heavy atom. The van der Waals surface area contributed by atoms with Crippen molar-refractivity contribution in [3.8, 4) is 11.8 Å². The van der Waals surface area contributed by atoms with E-state index >= 15 is 0 Å². The number of hydrogen-bond acceptors (Lipinski definition) is 2. The molecule has 1 atom stereocenters. The van der Waals surface area contributed by atoms with Crippen molar-refractivity contribution in [3.05, 3.63) is 23.7 Å². The molecule has 2 heteroatoms. The molecule has 0 aliphatic heterocycles. The molecule has 0 saturated heterocycles. The highest BCUT2D eigenvalue weighted by molar-refractivity contribution is 5.12. The Kier molecular flexibility index (Phi) is 4.28. The van der Waals surface area contributed by atoms with Crippen molar-refractivity contribution in [2.75, 3.05) is 6.54 Å². The van der Waals surface area contributed by atoms with Crippen molar-refractivity contribution in [3.63, 3.8) is 0 Å². The lowest BCUT2D eigenvalue weighted by atomic mass is 10.1. The maximum absolute atomic E-state index is 5.56. The van der Waals surface area contributed by atoms with Crippen LogP contribution in [0.3, 0.4) is 0 Å². The molecular weight excluding hydrogens is 174 g/mol. The highest BCUT2D eigenvalue weighted by atomic mass is 16.3. The van der Waals surface area contributed by atoms with Crippen LogP contribution in [0.4, 0.5) is 0 Å². The SMILES string of the molecule is CC#CCC(NCC)c1ccc(C)o1. The summed E-state index contributed by atoms with van der Waals surface area (Å²) in [5, 5.41) is 3.35. The van der Waals surface area contributed by atoms with E-state index in [4.69, 9.17) is 4.42 Å². The molecule has 14 heavy (non-hydrogen) atoms. The second-order valence-corrected chi connectivity index (χ2v) is 3.19. The predicted molar refractivity (Wildman–Crippen MR) is 57.9 cm³/mol. The quantitative estimate of drug-likeness (QED) is 0.740. The van der Waals surface area contributed by atoms with E-state index in [0.29, 0.717) is 0 Å². The summed E-state index contributed by atoms with van der Waals surface area (Å²) < 4.78 is 5.56. The van der Waals surface area contributed by atoms with Crippen LogP contribution in [-0.4, -0.2) is 6.54 Å². The van der Waals surface area contributed by atoms with Crippen LogP contribution < -0.4 is 5.32 Å². The van der Waals surface area contributed by atoms with Gasteiger partial charge in [0, 0.05) is 6.42 Å². The van der Waals surface area contributed by atoms with Crippen LogP contribution >= 0.6 is 0 Å². The molecule has 0 saturated carbocycles. The molecule has 1 N–H and O–H groups in total. The molecule has 0 fully saturated rings. The van der Waals surface area contributed by atoms with Crippen LogP contribution in [0.2, 0.25) is 0 Å². The Balaban J connectivity index is 2.69. The fourth-order valence-electron chi connectivity index (χ4n) is 1.36. The second-order valence-electron chi connectivity index (χ2n) is 3.19. The monoisotopic (exact) mass is 191 g/mol. The van der Waals surface area contributed by atoms with Gasteiger partial charge >= 0.3 is 0 Å². The fourth-order valence-corrected chi connectivity index (χ4v) is 1.36. The van der Waals surface area contributed by atoms with Crippen molar-refractivity contribution < 1.29 is 4.42 Å². The van der Waals surface area contributed by atoms with Gasteiger partial charge in [-0.2, -0.15) is 0 Å². The van der Waals surface area contributed by atoms with E-state index in [9.17, 15) is 0 Å². The Morgan fingerprint density at radius 3 is 2.79 bits per heavy atom. The van der Waals surface area contributed by atoms with E-state index in [1.165, 1.54) is 0 Å². The van der Waals surface area contributed by atoms with Gasteiger partial charge in [0.2, 0.25) is 0 Å². The summed E-state index contributed by atoms with van der Waals surface area (Å²) in [6.07, 6.45) is 0.803. The minimum Gasteiger partial charge on any atom is -0.465 e. The van der Waals surface area contributed by atoms with Crippen LogP contribution in [0.1, 0.15) is 37.8 Å².